The van der Waals surface area contributed by atoms with Crippen LogP contribution in [0.5, 0.6) is 0 Å². The van der Waals surface area contributed by atoms with Crippen LogP contribution in [-0.4, -0.2) is 116 Å². The number of rotatable bonds is 27. The maximum absolute atomic E-state index is 11.0. The first-order valence-corrected chi connectivity index (χ1v) is 32.9. The van der Waals surface area contributed by atoms with Crippen LogP contribution < -0.4 is 0 Å². The van der Waals surface area contributed by atoms with Crippen LogP contribution in [0.2, 0.25) is 11.1 Å². The quantitative estimate of drug-likeness (QED) is 0.0780. The van der Waals surface area contributed by atoms with Crippen LogP contribution in [0.15, 0.2) is 0 Å². The van der Waals surface area contributed by atoms with Crippen LogP contribution in [0.4, 0.5) is 0 Å². The van der Waals surface area contributed by atoms with E-state index in [9.17, 15) is 4.80 Å². The summed E-state index contributed by atoms with van der Waals surface area (Å²) < 4.78 is 77.8. The second-order valence-corrected chi connectivity index (χ2v) is 29.4. The second-order valence-electron chi connectivity index (χ2n) is 15.2. The molecule has 0 aromatic heterocycles. The summed E-state index contributed by atoms with van der Waals surface area (Å²) in [4.78, 5) is 11.0. The predicted molar refractivity (Wildman–Crippen MR) is 270 cm³/mol. The fraction of sp³-hybridized carbons (Fsp3) is 1.00. The van der Waals surface area contributed by atoms with Crippen molar-refractivity contribution < 1.29 is 82.2 Å². The van der Waals surface area contributed by atoms with Crippen LogP contribution in [0.1, 0.15) is 208 Å². The molecule has 0 saturated carbocycles. The van der Waals surface area contributed by atoms with Gasteiger partial charge in [0.05, 0.1) is 0 Å². The summed E-state index contributed by atoms with van der Waals surface area (Å²) >= 11 is 0. The van der Waals surface area contributed by atoms with E-state index in [2.05, 4.69) is 27.7 Å². The SMILES string of the molecule is CC.CC.CC.CC.CC.CC(C)O[Si](O)(OC(C)C)O[Si](O[SiH2]C(C)C)(OC(C)C)OC(C)C.CO[Si](OC(C)C)(OC(C)C)O[Si](O[SiH2]C(C)C)(OC(C)C)OC(C)C.[W]. The van der Waals surface area contributed by atoms with Gasteiger partial charge in [0.1, 0.15) is 0 Å². The van der Waals surface area contributed by atoms with Crippen molar-refractivity contribution in [2.45, 2.75) is 268 Å². The average molecular weight is 1180 g/mol. The van der Waals surface area contributed by atoms with E-state index < -0.39 is 55.7 Å². The van der Waals surface area contributed by atoms with Crippen molar-refractivity contribution in [3.63, 3.8) is 0 Å². The van der Waals surface area contributed by atoms with E-state index >= 15 is 0 Å². The van der Waals surface area contributed by atoms with Gasteiger partial charge in [-0.1, -0.05) is 96.9 Å². The Hall–Kier alpha value is 1.43. The smallest absolute Gasteiger partial charge is 0.400 e. The summed E-state index contributed by atoms with van der Waals surface area (Å²) in [7, 11) is -15.1. The van der Waals surface area contributed by atoms with Gasteiger partial charge in [-0.25, -0.2) is 0 Å². The zero-order valence-electron chi connectivity index (χ0n) is 46.4. The molecular formula is C41H108O14Si6W. The Kier molecular flexibility index (Phi) is 61.6. The van der Waals surface area contributed by atoms with Crippen LogP contribution in [0.25, 0.3) is 0 Å². The van der Waals surface area contributed by atoms with Gasteiger partial charge in [0.15, 0.2) is 19.5 Å². The molecule has 386 valence electrons. The normalized spacial score (nSPS) is 12.3. The van der Waals surface area contributed by atoms with Gasteiger partial charge >= 0.3 is 36.2 Å². The van der Waals surface area contributed by atoms with E-state index in [0.717, 1.165) is 0 Å². The van der Waals surface area contributed by atoms with E-state index in [1.807, 2.05) is 180 Å². The van der Waals surface area contributed by atoms with Crippen LogP contribution in [-0.2, 0) is 77.4 Å². The molecule has 0 amide bonds. The average Bonchev–Trinajstić information content (AvgIpc) is 3.12. The van der Waals surface area contributed by atoms with E-state index in [1.54, 1.807) is 0 Å². The van der Waals surface area contributed by atoms with Gasteiger partial charge in [0.2, 0.25) is 0 Å². The van der Waals surface area contributed by atoms with E-state index in [-0.39, 0.29) is 69.9 Å². The molecular weight excluding hydrogens is 1070 g/mol. The first kappa shape index (κ1) is 80.5. The standard InChI is InChI=1S/C16H40O7Si3.C15H38O7Si3.5C2H6.W/c1-12(2)18-25(17-11,19-13(3)4)23-26(20-14(5)6,21-15(7)8)22-24-16(9)10;1-11(2)17-24(16,18-12(3)4)22-25(19-13(5)6,20-14(7)8)21-23-15(9)10;5*1-2;/h12-16H,24H2,1-11H3;11-16H,23H2,1-10H3;5*1-2H3;. The van der Waals surface area contributed by atoms with Gasteiger partial charge < -0.3 is 61.1 Å². The molecule has 0 saturated heterocycles. The Balaban J connectivity index is -0.000000128. The largest absolute Gasteiger partial charge is 0.674 e. The Morgan fingerprint density at radius 2 is 0.516 bits per heavy atom. The summed E-state index contributed by atoms with van der Waals surface area (Å²) in [6.45, 7) is 58.5. The Bertz CT molecular complexity index is 856. The molecule has 0 heterocycles. The Labute approximate surface area is 410 Å². The second kappa shape index (κ2) is 47.5. The number of hydrogen-bond acceptors (Lipinski definition) is 14. The van der Waals surface area contributed by atoms with Crippen LogP contribution in [0.3, 0.4) is 0 Å². The van der Waals surface area contributed by atoms with Crippen molar-refractivity contribution in [3.05, 3.63) is 0 Å². The van der Waals surface area contributed by atoms with Crippen molar-refractivity contribution >= 4 is 55.7 Å². The molecule has 14 nitrogen and oxygen atoms in total. The maximum atomic E-state index is 11.0. The summed E-state index contributed by atoms with van der Waals surface area (Å²) in [5.41, 5.74) is 0.807. The zero-order valence-corrected chi connectivity index (χ0v) is 56.1. The molecule has 0 bridgehead atoms. The minimum Gasteiger partial charge on any atom is -0.400 e. The molecule has 0 atom stereocenters. The van der Waals surface area contributed by atoms with Gasteiger partial charge in [-0.15, -0.1) is 0 Å². The van der Waals surface area contributed by atoms with Gasteiger partial charge in [0, 0.05) is 77.0 Å². The summed E-state index contributed by atoms with van der Waals surface area (Å²) in [6, 6.07) is 0. The molecule has 62 heavy (non-hydrogen) atoms. The number of hydrogen-bond donors (Lipinski definition) is 1. The topological polar surface area (TPSA) is 140 Å². The van der Waals surface area contributed by atoms with Crippen molar-refractivity contribution in [2.24, 2.45) is 0 Å². The van der Waals surface area contributed by atoms with E-state index in [0.29, 0.717) is 11.1 Å². The third-order valence-electron chi connectivity index (χ3n) is 4.99. The molecule has 0 rings (SSSR count). The zero-order chi connectivity index (χ0) is 50.4. The van der Waals surface area contributed by atoms with Crippen LogP contribution in [0, 0.1) is 0 Å². The first-order chi connectivity index (χ1) is 28.1. The molecule has 21 heteroatoms. The molecule has 0 fully saturated rings. The predicted octanol–water partition coefficient (Wildman–Crippen LogP) is 10.8. The van der Waals surface area contributed by atoms with E-state index in [1.165, 1.54) is 7.11 Å². The molecule has 0 aliphatic rings. The summed E-state index contributed by atoms with van der Waals surface area (Å²) in [5, 5.41) is 0. The maximum Gasteiger partial charge on any atom is 0.674 e. The van der Waals surface area contributed by atoms with Crippen molar-refractivity contribution in [3.8, 4) is 0 Å². The minimum atomic E-state index is -4.01. The summed E-state index contributed by atoms with van der Waals surface area (Å²) in [5.74, 6) is 0. The monoisotopic (exact) mass is 1180 g/mol. The Morgan fingerprint density at radius 1 is 0.323 bits per heavy atom. The summed E-state index contributed by atoms with van der Waals surface area (Å²) in [6.07, 6.45) is -1.50. The fourth-order valence-corrected chi connectivity index (χ4v) is 20.2. The molecule has 0 spiro atoms. The van der Waals surface area contributed by atoms with E-state index in [4.69, 9.17) is 56.3 Å². The fourth-order valence-electron chi connectivity index (χ4n) is 3.81. The van der Waals surface area contributed by atoms with Gasteiger partial charge in [-0.05, 0) is 122 Å². The minimum absolute atomic E-state index is 0. The molecule has 0 aliphatic heterocycles. The molecule has 1 N–H and O–H groups in total. The van der Waals surface area contributed by atoms with Gasteiger partial charge in [0.25, 0.3) is 0 Å². The molecule has 0 radical (unpaired) electrons. The molecule has 0 aliphatic carbocycles. The van der Waals surface area contributed by atoms with Crippen molar-refractivity contribution in [1.82, 2.24) is 0 Å². The van der Waals surface area contributed by atoms with Crippen LogP contribution >= 0.6 is 0 Å². The molecule has 0 aromatic rings. The van der Waals surface area contributed by atoms with Gasteiger partial charge in [-0.2, -0.15) is 0 Å². The molecule has 0 unspecified atom stereocenters. The third-order valence-corrected chi connectivity index (χ3v) is 21.1. The first-order valence-electron chi connectivity index (χ1n) is 23.5. The molecule has 0 aromatic carbocycles. The van der Waals surface area contributed by atoms with Crippen molar-refractivity contribution in [2.75, 3.05) is 7.11 Å². The van der Waals surface area contributed by atoms with Crippen molar-refractivity contribution in [1.29, 1.82) is 0 Å². The third kappa shape index (κ3) is 47.9. The van der Waals surface area contributed by atoms with Gasteiger partial charge in [-0.3, -0.25) is 0 Å². The Morgan fingerprint density at radius 3 is 0.694 bits per heavy atom.